The number of halogens is 3. The summed E-state index contributed by atoms with van der Waals surface area (Å²) in [4.78, 5) is 7.49. The van der Waals surface area contributed by atoms with E-state index in [4.69, 9.17) is 25.8 Å². The standard InChI is InChI=1S/C24H23ClF2N2O3/c1-30-22(19-13-29-24-17(19)5-3-10-28-24)18-4-2-6-21(23(18)31-11-9-26)32-14-15-7-8-16(25)12-20(15)27/h3,5-8,10,12-13,22H,2,4,9,11,14H2,1H3,(H,28,29). The highest BCUT2D eigenvalue weighted by Gasteiger charge is 2.29. The van der Waals surface area contributed by atoms with Gasteiger partial charge in [0.25, 0.3) is 0 Å². The average Bonchev–Trinajstić information content (AvgIpc) is 3.22. The van der Waals surface area contributed by atoms with Crippen LogP contribution in [0.1, 0.15) is 30.1 Å². The highest BCUT2D eigenvalue weighted by molar-refractivity contribution is 6.30. The molecule has 4 rings (SSSR count). The molecular weight excluding hydrogens is 438 g/mol. The number of rotatable bonds is 9. The lowest BCUT2D eigenvalue weighted by atomic mass is 9.92. The van der Waals surface area contributed by atoms with Crippen molar-refractivity contribution in [2.75, 3.05) is 20.4 Å². The second-order valence-corrected chi connectivity index (χ2v) is 7.72. The van der Waals surface area contributed by atoms with Crippen LogP contribution in [0.3, 0.4) is 0 Å². The zero-order valence-corrected chi connectivity index (χ0v) is 18.3. The average molecular weight is 461 g/mol. The Bertz CT molecular complexity index is 1160. The van der Waals surface area contributed by atoms with E-state index in [1.54, 1.807) is 25.4 Å². The maximum absolute atomic E-state index is 14.2. The fourth-order valence-corrected chi connectivity index (χ4v) is 4.01. The number of hydrogen-bond acceptors (Lipinski definition) is 4. The zero-order valence-electron chi connectivity index (χ0n) is 17.5. The molecule has 1 unspecified atom stereocenters. The van der Waals surface area contributed by atoms with Gasteiger partial charge in [-0.25, -0.2) is 13.8 Å². The van der Waals surface area contributed by atoms with Crippen LogP contribution in [-0.2, 0) is 20.8 Å². The molecule has 168 valence electrons. The van der Waals surface area contributed by atoms with Gasteiger partial charge >= 0.3 is 0 Å². The normalized spacial score (nSPS) is 15.1. The zero-order chi connectivity index (χ0) is 22.5. The van der Waals surface area contributed by atoms with Crippen molar-refractivity contribution in [3.63, 3.8) is 0 Å². The third-order valence-electron chi connectivity index (χ3n) is 5.30. The molecule has 2 aromatic heterocycles. The summed E-state index contributed by atoms with van der Waals surface area (Å²) in [6, 6.07) is 8.24. The molecule has 0 aliphatic heterocycles. The third kappa shape index (κ3) is 4.64. The Morgan fingerprint density at radius 1 is 1.25 bits per heavy atom. The van der Waals surface area contributed by atoms with E-state index in [0.717, 1.165) is 22.2 Å². The largest absolute Gasteiger partial charge is 0.487 e. The van der Waals surface area contributed by atoms with Crippen LogP contribution in [0.2, 0.25) is 5.02 Å². The number of aromatic amines is 1. The minimum atomic E-state index is -0.648. The number of H-pyrrole nitrogens is 1. The lowest BCUT2D eigenvalue weighted by molar-refractivity contribution is 0.0993. The predicted octanol–water partition coefficient (Wildman–Crippen LogP) is 6.18. The van der Waals surface area contributed by atoms with E-state index < -0.39 is 18.6 Å². The van der Waals surface area contributed by atoms with Crippen molar-refractivity contribution in [3.8, 4) is 0 Å². The Kier molecular flexibility index (Phi) is 7.07. The smallest absolute Gasteiger partial charge is 0.163 e. The van der Waals surface area contributed by atoms with E-state index in [9.17, 15) is 8.78 Å². The van der Waals surface area contributed by atoms with Crippen LogP contribution in [0.4, 0.5) is 8.78 Å². The van der Waals surface area contributed by atoms with Gasteiger partial charge in [0.1, 0.15) is 37.5 Å². The maximum Gasteiger partial charge on any atom is 0.163 e. The summed E-state index contributed by atoms with van der Waals surface area (Å²) >= 11 is 5.83. The molecule has 1 aromatic carbocycles. The number of fused-ring (bicyclic) bond motifs is 1. The first kappa shape index (κ1) is 22.3. The fourth-order valence-electron chi connectivity index (χ4n) is 3.85. The molecule has 0 saturated carbocycles. The topological polar surface area (TPSA) is 56.4 Å². The van der Waals surface area contributed by atoms with Crippen molar-refractivity contribution < 1.29 is 23.0 Å². The minimum absolute atomic E-state index is 0.0146. The summed E-state index contributed by atoms with van der Waals surface area (Å²) in [5, 5.41) is 1.24. The van der Waals surface area contributed by atoms with E-state index in [-0.39, 0.29) is 13.2 Å². The molecular formula is C24H23ClF2N2O3. The van der Waals surface area contributed by atoms with Gasteiger partial charge in [0, 0.05) is 46.6 Å². The number of hydrogen-bond donors (Lipinski definition) is 1. The lowest BCUT2D eigenvalue weighted by Crippen LogP contribution is -2.16. The molecule has 0 saturated heterocycles. The lowest BCUT2D eigenvalue weighted by Gasteiger charge is -2.27. The summed E-state index contributed by atoms with van der Waals surface area (Å²) in [5.41, 5.74) is 2.84. The van der Waals surface area contributed by atoms with Gasteiger partial charge in [-0.2, -0.15) is 0 Å². The number of ether oxygens (including phenoxy) is 3. The summed E-state index contributed by atoms with van der Waals surface area (Å²) in [6.07, 6.45) is 6.32. The summed E-state index contributed by atoms with van der Waals surface area (Å²) in [6.45, 7) is -0.787. The van der Waals surface area contributed by atoms with E-state index in [2.05, 4.69) is 9.97 Å². The Morgan fingerprint density at radius 2 is 2.12 bits per heavy atom. The van der Waals surface area contributed by atoms with Gasteiger partial charge < -0.3 is 19.2 Å². The first-order chi connectivity index (χ1) is 15.6. The van der Waals surface area contributed by atoms with Gasteiger partial charge in [-0.1, -0.05) is 17.7 Å². The van der Waals surface area contributed by atoms with Crippen molar-refractivity contribution >= 4 is 22.6 Å². The Morgan fingerprint density at radius 3 is 2.91 bits per heavy atom. The molecule has 3 aromatic rings. The number of nitrogens with one attached hydrogen (secondary N) is 1. The molecule has 0 bridgehead atoms. The summed E-state index contributed by atoms with van der Waals surface area (Å²) < 4.78 is 44.7. The van der Waals surface area contributed by atoms with E-state index in [1.165, 1.54) is 6.07 Å². The van der Waals surface area contributed by atoms with Crippen LogP contribution in [0.15, 0.2) is 65.9 Å². The number of methoxy groups -OCH3 is 1. The first-order valence-corrected chi connectivity index (χ1v) is 10.6. The number of alkyl halides is 1. The Balaban J connectivity index is 1.67. The predicted molar refractivity (Wildman–Crippen MR) is 118 cm³/mol. The van der Waals surface area contributed by atoms with E-state index in [0.29, 0.717) is 34.9 Å². The monoisotopic (exact) mass is 460 g/mol. The fraction of sp³-hybridized carbons (Fsp3) is 0.292. The molecule has 0 spiro atoms. The van der Waals surface area contributed by atoms with Crippen molar-refractivity contribution in [2.24, 2.45) is 0 Å². The summed E-state index contributed by atoms with van der Waals surface area (Å²) in [7, 11) is 1.61. The van der Waals surface area contributed by atoms with Gasteiger partial charge in [-0.05, 0) is 43.2 Å². The number of aromatic nitrogens is 2. The maximum atomic E-state index is 14.2. The second-order valence-electron chi connectivity index (χ2n) is 7.28. The third-order valence-corrected chi connectivity index (χ3v) is 5.53. The Hall–Kier alpha value is -2.90. The molecule has 1 aliphatic carbocycles. The van der Waals surface area contributed by atoms with Crippen molar-refractivity contribution in [3.05, 3.63) is 87.9 Å². The van der Waals surface area contributed by atoms with Crippen LogP contribution in [0.5, 0.6) is 0 Å². The van der Waals surface area contributed by atoms with Gasteiger partial charge in [0.2, 0.25) is 0 Å². The summed E-state index contributed by atoms with van der Waals surface area (Å²) in [5.74, 6) is 0.410. The highest BCUT2D eigenvalue weighted by Crippen LogP contribution is 2.39. The first-order valence-electron chi connectivity index (χ1n) is 10.3. The number of nitrogens with zero attached hydrogens (tertiary/aromatic N) is 1. The highest BCUT2D eigenvalue weighted by atomic mass is 35.5. The molecule has 8 heteroatoms. The van der Waals surface area contributed by atoms with Gasteiger partial charge in [0.05, 0.1) is 0 Å². The van der Waals surface area contributed by atoms with Gasteiger partial charge in [-0.3, -0.25) is 0 Å². The molecule has 2 heterocycles. The van der Waals surface area contributed by atoms with Crippen molar-refractivity contribution in [1.82, 2.24) is 9.97 Å². The number of allylic oxidation sites excluding steroid dienone is 1. The van der Waals surface area contributed by atoms with E-state index in [1.807, 2.05) is 24.4 Å². The second kappa shape index (κ2) is 10.1. The molecule has 32 heavy (non-hydrogen) atoms. The van der Waals surface area contributed by atoms with Crippen LogP contribution in [0, 0.1) is 5.82 Å². The quantitative estimate of drug-likeness (QED) is 0.414. The van der Waals surface area contributed by atoms with Crippen LogP contribution in [0.25, 0.3) is 11.0 Å². The van der Waals surface area contributed by atoms with Gasteiger partial charge in [-0.15, -0.1) is 0 Å². The number of pyridine rings is 1. The molecule has 1 aliphatic rings. The SMILES string of the molecule is COC(C1=C(OCCF)C(OCc2ccc(Cl)cc2F)=CCC1)c1c[nH]c2ncccc12. The van der Waals surface area contributed by atoms with Crippen molar-refractivity contribution in [2.45, 2.75) is 25.6 Å². The Labute approximate surface area is 189 Å². The molecule has 0 radical (unpaired) electrons. The number of benzene rings is 1. The van der Waals surface area contributed by atoms with Crippen LogP contribution >= 0.6 is 11.6 Å². The minimum Gasteiger partial charge on any atom is -0.487 e. The molecule has 5 nitrogen and oxygen atoms in total. The molecule has 1 atom stereocenters. The molecule has 1 N–H and O–H groups in total. The van der Waals surface area contributed by atoms with Crippen LogP contribution < -0.4 is 0 Å². The van der Waals surface area contributed by atoms with E-state index >= 15 is 0 Å². The molecule has 0 amide bonds. The molecule has 0 fully saturated rings. The van der Waals surface area contributed by atoms with Gasteiger partial charge in [0.15, 0.2) is 11.5 Å². The van der Waals surface area contributed by atoms with Crippen LogP contribution in [-0.4, -0.2) is 30.4 Å². The van der Waals surface area contributed by atoms with Crippen molar-refractivity contribution in [1.29, 1.82) is 0 Å².